The van der Waals surface area contributed by atoms with Crippen molar-refractivity contribution in [3.8, 4) is 0 Å². The van der Waals surface area contributed by atoms with Crippen molar-refractivity contribution >= 4 is 33.2 Å². The highest BCUT2D eigenvalue weighted by atomic mass is 35.5. The van der Waals surface area contributed by atoms with Gasteiger partial charge in [0.2, 0.25) is 10.0 Å². The van der Waals surface area contributed by atoms with Gasteiger partial charge in [0.15, 0.2) is 0 Å². The summed E-state index contributed by atoms with van der Waals surface area (Å²) in [4.78, 5) is 12.1. The van der Waals surface area contributed by atoms with E-state index in [2.05, 4.69) is 5.32 Å². The third kappa shape index (κ3) is 4.37. The smallest absolute Gasteiger partial charge is 0.255 e. The highest BCUT2D eigenvalue weighted by molar-refractivity contribution is 7.89. The summed E-state index contributed by atoms with van der Waals surface area (Å²) in [7, 11) is -4.04. The second-order valence-electron chi connectivity index (χ2n) is 7.35. The molecule has 0 aliphatic carbocycles. The molecule has 1 saturated heterocycles. The van der Waals surface area contributed by atoms with Gasteiger partial charge in [-0.1, -0.05) is 37.6 Å². The Labute approximate surface area is 169 Å². The van der Waals surface area contributed by atoms with Crippen molar-refractivity contribution in [2.75, 3.05) is 18.4 Å². The number of nitrogens with one attached hydrogen (secondary N) is 1. The molecule has 2 aromatic rings. The van der Waals surface area contributed by atoms with E-state index < -0.39 is 26.6 Å². The highest BCUT2D eigenvalue weighted by Crippen LogP contribution is 2.29. The van der Waals surface area contributed by atoms with E-state index in [0.717, 1.165) is 18.6 Å². The molecule has 0 radical (unpaired) electrons. The van der Waals surface area contributed by atoms with E-state index in [0.29, 0.717) is 23.8 Å². The minimum atomic E-state index is -4.04. The fourth-order valence-electron chi connectivity index (χ4n) is 3.54. The number of hydrogen-bond acceptors (Lipinski definition) is 3. The van der Waals surface area contributed by atoms with Crippen molar-refractivity contribution in [2.45, 2.75) is 25.2 Å². The van der Waals surface area contributed by atoms with Gasteiger partial charge in [0.25, 0.3) is 5.91 Å². The number of piperidine rings is 1. The molecule has 28 heavy (non-hydrogen) atoms. The van der Waals surface area contributed by atoms with Gasteiger partial charge in [-0.3, -0.25) is 4.79 Å². The van der Waals surface area contributed by atoms with Crippen LogP contribution in [0.5, 0.6) is 0 Å². The molecule has 8 heteroatoms. The summed E-state index contributed by atoms with van der Waals surface area (Å²) in [6, 6.07) is 10.0. The van der Waals surface area contributed by atoms with Crippen LogP contribution in [0.15, 0.2) is 47.4 Å². The number of hydrogen-bond donors (Lipinski definition) is 1. The number of para-hydroxylation sites is 1. The van der Waals surface area contributed by atoms with Gasteiger partial charge in [-0.2, -0.15) is 4.31 Å². The molecule has 0 spiro atoms. The van der Waals surface area contributed by atoms with Crippen molar-refractivity contribution in [3.05, 3.63) is 58.9 Å². The standard InChI is InChI=1S/C20H22ClFN2O3S/c1-13-9-14(2)12-24(11-13)28(26,27)19-10-15(7-8-17(19)22)20(25)23-18-6-4-3-5-16(18)21/h3-8,10,13-14H,9,11-12H2,1-2H3,(H,23,25). The lowest BCUT2D eigenvalue weighted by molar-refractivity contribution is 0.102. The van der Waals surface area contributed by atoms with Crippen LogP contribution in [0, 0.1) is 17.7 Å². The Bertz CT molecular complexity index is 987. The van der Waals surface area contributed by atoms with Crippen molar-refractivity contribution in [1.82, 2.24) is 4.31 Å². The average molecular weight is 425 g/mol. The summed E-state index contributed by atoms with van der Waals surface area (Å²) in [5, 5.41) is 2.97. The van der Waals surface area contributed by atoms with Crippen LogP contribution < -0.4 is 5.32 Å². The number of halogens is 2. The normalized spacial score (nSPS) is 20.7. The van der Waals surface area contributed by atoms with Crippen LogP contribution in [0.1, 0.15) is 30.6 Å². The van der Waals surface area contributed by atoms with Crippen molar-refractivity contribution < 1.29 is 17.6 Å². The molecular formula is C20H22ClFN2O3S. The first-order valence-corrected chi connectivity index (χ1v) is 10.9. The summed E-state index contributed by atoms with van der Waals surface area (Å²) in [5.41, 5.74) is 0.430. The molecule has 1 heterocycles. The lowest BCUT2D eigenvalue weighted by Crippen LogP contribution is -2.42. The summed E-state index contributed by atoms with van der Waals surface area (Å²) in [5.74, 6) is -1.06. The number of anilines is 1. The zero-order valence-corrected chi connectivity index (χ0v) is 17.2. The van der Waals surface area contributed by atoms with Crippen LogP contribution in [-0.4, -0.2) is 31.7 Å². The minimum absolute atomic E-state index is 0.0398. The van der Waals surface area contributed by atoms with Gasteiger partial charge in [0, 0.05) is 18.7 Å². The molecule has 1 aliphatic heterocycles. The first-order chi connectivity index (χ1) is 13.2. The Morgan fingerprint density at radius 2 is 1.79 bits per heavy atom. The zero-order chi connectivity index (χ0) is 20.5. The number of carbonyl (C=O) groups is 1. The topological polar surface area (TPSA) is 66.5 Å². The Morgan fingerprint density at radius 1 is 1.14 bits per heavy atom. The van der Waals surface area contributed by atoms with Gasteiger partial charge in [-0.15, -0.1) is 0 Å². The number of sulfonamides is 1. The van der Waals surface area contributed by atoms with E-state index >= 15 is 0 Å². The molecule has 3 rings (SSSR count). The number of benzene rings is 2. The van der Waals surface area contributed by atoms with Gasteiger partial charge in [-0.05, 0) is 48.6 Å². The molecule has 1 aliphatic rings. The third-order valence-corrected chi connectivity index (χ3v) is 6.94. The number of carbonyl (C=O) groups excluding carboxylic acids is 1. The summed E-state index contributed by atoms with van der Waals surface area (Å²) in [6.45, 7) is 4.62. The monoisotopic (exact) mass is 424 g/mol. The molecule has 1 amide bonds. The maximum atomic E-state index is 14.4. The van der Waals surface area contributed by atoms with Gasteiger partial charge >= 0.3 is 0 Å². The van der Waals surface area contributed by atoms with Crippen molar-refractivity contribution in [3.63, 3.8) is 0 Å². The fourth-order valence-corrected chi connectivity index (χ4v) is 5.49. The second-order valence-corrected chi connectivity index (χ2v) is 9.66. The molecule has 1 fully saturated rings. The van der Waals surface area contributed by atoms with Gasteiger partial charge < -0.3 is 5.32 Å². The molecular weight excluding hydrogens is 403 g/mol. The molecule has 0 bridgehead atoms. The second kappa shape index (κ2) is 8.19. The number of nitrogens with zero attached hydrogens (tertiary/aromatic N) is 1. The van der Waals surface area contributed by atoms with Crippen LogP contribution in [0.4, 0.5) is 10.1 Å². The summed E-state index contributed by atoms with van der Waals surface area (Å²) < 4.78 is 41.8. The maximum Gasteiger partial charge on any atom is 0.255 e. The van der Waals surface area contributed by atoms with Crippen LogP contribution in [0.25, 0.3) is 0 Å². The van der Waals surface area contributed by atoms with Gasteiger partial charge in [0.1, 0.15) is 10.7 Å². The first kappa shape index (κ1) is 20.8. The van der Waals surface area contributed by atoms with E-state index in [-0.39, 0.29) is 17.4 Å². The molecule has 2 aromatic carbocycles. The van der Waals surface area contributed by atoms with Gasteiger partial charge in [-0.25, -0.2) is 12.8 Å². The predicted molar refractivity (Wildman–Crippen MR) is 108 cm³/mol. The average Bonchev–Trinajstić information content (AvgIpc) is 2.63. The van der Waals surface area contributed by atoms with Crippen LogP contribution >= 0.6 is 11.6 Å². The molecule has 0 aromatic heterocycles. The lowest BCUT2D eigenvalue weighted by atomic mass is 9.94. The predicted octanol–water partition coefficient (Wildman–Crippen LogP) is 4.40. The van der Waals surface area contributed by atoms with Crippen molar-refractivity contribution in [2.24, 2.45) is 11.8 Å². The lowest BCUT2D eigenvalue weighted by Gasteiger charge is -2.34. The van der Waals surface area contributed by atoms with E-state index in [4.69, 9.17) is 11.6 Å². The fraction of sp³-hybridized carbons (Fsp3) is 0.350. The summed E-state index contributed by atoms with van der Waals surface area (Å²) in [6.07, 6.45) is 0.925. The first-order valence-electron chi connectivity index (χ1n) is 9.04. The van der Waals surface area contributed by atoms with Crippen LogP contribution in [0.3, 0.4) is 0 Å². The van der Waals surface area contributed by atoms with E-state index in [1.165, 1.54) is 10.4 Å². The zero-order valence-electron chi connectivity index (χ0n) is 15.7. The quantitative estimate of drug-likeness (QED) is 0.791. The minimum Gasteiger partial charge on any atom is -0.321 e. The molecule has 150 valence electrons. The molecule has 1 N–H and O–H groups in total. The Morgan fingerprint density at radius 3 is 2.43 bits per heavy atom. The SMILES string of the molecule is CC1CC(C)CN(S(=O)(=O)c2cc(C(=O)Nc3ccccc3Cl)ccc2F)C1. The maximum absolute atomic E-state index is 14.4. The van der Waals surface area contributed by atoms with E-state index in [1.807, 2.05) is 13.8 Å². The Balaban J connectivity index is 1.91. The van der Waals surface area contributed by atoms with E-state index in [9.17, 15) is 17.6 Å². The molecule has 5 nitrogen and oxygen atoms in total. The van der Waals surface area contributed by atoms with Gasteiger partial charge in [0.05, 0.1) is 10.7 Å². The Hall–Kier alpha value is -1.96. The molecule has 0 saturated carbocycles. The van der Waals surface area contributed by atoms with Crippen LogP contribution in [0.2, 0.25) is 5.02 Å². The van der Waals surface area contributed by atoms with Crippen molar-refractivity contribution in [1.29, 1.82) is 0 Å². The highest BCUT2D eigenvalue weighted by Gasteiger charge is 2.33. The molecule has 2 unspecified atom stereocenters. The van der Waals surface area contributed by atoms with Crippen LogP contribution in [-0.2, 0) is 10.0 Å². The molecule has 2 atom stereocenters. The Kier molecular flexibility index (Phi) is 6.07. The number of amides is 1. The summed E-state index contributed by atoms with van der Waals surface area (Å²) >= 11 is 6.04. The largest absolute Gasteiger partial charge is 0.321 e. The third-order valence-electron chi connectivity index (χ3n) is 4.77. The van der Waals surface area contributed by atoms with E-state index in [1.54, 1.807) is 24.3 Å². The number of rotatable bonds is 4.